The number of halogens is 1. The molecule has 4 rings (SSSR count). The molecule has 7 nitrogen and oxygen atoms in total. The van der Waals surface area contributed by atoms with Crippen LogP contribution < -0.4 is 10.2 Å². The van der Waals surface area contributed by atoms with Crippen molar-refractivity contribution in [2.75, 3.05) is 36.5 Å². The van der Waals surface area contributed by atoms with Crippen LogP contribution in [-0.2, 0) is 9.53 Å². The molecular formula is C23H32ClN3O4. The third-order valence-electron chi connectivity index (χ3n) is 7.04. The molecule has 1 aliphatic carbocycles. The zero-order valence-corrected chi connectivity index (χ0v) is 18.9. The van der Waals surface area contributed by atoms with Gasteiger partial charge >= 0.3 is 6.09 Å². The zero-order valence-electron chi connectivity index (χ0n) is 18.1. The van der Waals surface area contributed by atoms with E-state index < -0.39 is 6.09 Å². The van der Waals surface area contributed by atoms with Gasteiger partial charge in [0.15, 0.2) is 0 Å². The van der Waals surface area contributed by atoms with Crippen LogP contribution in [-0.4, -0.2) is 60.4 Å². The molecule has 2 amide bonds. The summed E-state index contributed by atoms with van der Waals surface area (Å²) < 4.78 is 4.91. The van der Waals surface area contributed by atoms with E-state index in [1.54, 1.807) is 13.0 Å². The van der Waals surface area contributed by atoms with Gasteiger partial charge in [-0.3, -0.25) is 10.1 Å². The van der Waals surface area contributed by atoms with Crippen molar-refractivity contribution in [1.29, 1.82) is 0 Å². The first-order chi connectivity index (χ1) is 14.9. The smallest absolute Gasteiger partial charge is 0.411 e. The molecule has 3 fully saturated rings. The van der Waals surface area contributed by atoms with Crippen LogP contribution in [0.2, 0.25) is 5.02 Å². The van der Waals surface area contributed by atoms with E-state index in [0.717, 1.165) is 63.7 Å². The molecule has 1 atom stereocenters. The number of carbonyl (C=O) groups excluding carboxylic acids is 2. The summed E-state index contributed by atoms with van der Waals surface area (Å²) in [5, 5.41) is 13.0. The second kappa shape index (κ2) is 9.25. The monoisotopic (exact) mass is 449 g/mol. The number of aliphatic hydroxyl groups is 1. The van der Waals surface area contributed by atoms with Gasteiger partial charge in [0.1, 0.15) is 0 Å². The quantitative estimate of drug-likeness (QED) is 0.725. The molecule has 2 N–H and O–H groups in total. The second-order valence-corrected chi connectivity index (χ2v) is 9.44. The van der Waals surface area contributed by atoms with E-state index in [2.05, 4.69) is 15.1 Å². The van der Waals surface area contributed by atoms with E-state index in [4.69, 9.17) is 16.3 Å². The van der Waals surface area contributed by atoms with Gasteiger partial charge in [-0.1, -0.05) is 11.6 Å². The Morgan fingerprint density at radius 3 is 2.74 bits per heavy atom. The normalized spacial score (nSPS) is 28.8. The number of amides is 2. The largest absolute Gasteiger partial charge is 0.450 e. The minimum absolute atomic E-state index is 0.212. The highest BCUT2D eigenvalue weighted by Crippen LogP contribution is 2.44. The van der Waals surface area contributed by atoms with Gasteiger partial charge in [-0.15, -0.1) is 0 Å². The summed E-state index contributed by atoms with van der Waals surface area (Å²) in [6, 6.07) is 5.71. The van der Waals surface area contributed by atoms with Crippen LogP contribution in [0.25, 0.3) is 0 Å². The predicted molar refractivity (Wildman–Crippen MR) is 121 cm³/mol. The Morgan fingerprint density at radius 2 is 2.03 bits per heavy atom. The summed E-state index contributed by atoms with van der Waals surface area (Å²) in [6.45, 7) is 4.39. The van der Waals surface area contributed by atoms with Crippen molar-refractivity contribution >= 4 is 35.0 Å². The molecule has 0 radical (unpaired) electrons. The Hall–Kier alpha value is -1.99. The SMILES string of the molecule is CCOC(=O)Nc1ccc(N2CCC[C@]3(CCN([C@H]4CC[C@H](O)CC4)C3=O)C2)c(Cl)c1. The number of likely N-dealkylation sites (tertiary alicyclic amines) is 1. The average Bonchev–Trinajstić information content (AvgIpc) is 3.04. The van der Waals surface area contributed by atoms with E-state index in [9.17, 15) is 14.7 Å². The van der Waals surface area contributed by atoms with Crippen molar-refractivity contribution in [2.24, 2.45) is 5.41 Å². The molecule has 8 heteroatoms. The lowest BCUT2D eigenvalue weighted by molar-refractivity contribution is -0.139. The molecule has 31 heavy (non-hydrogen) atoms. The summed E-state index contributed by atoms with van der Waals surface area (Å²) in [7, 11) is 0. The van der Waals surface area contributed by atoms with Gasteiger partial charge in [-0.05, 0) is 70.1 Å². The van der Waals surface area contributed by atoms with Crippen LogP contribution in [0.4, 0.5) is 16.2 Å². The Kier molecular flexibility index (Phi) is 6.63. The maximum absolute atomic E-state index is 13.5. The van der Waals surface area contributed by atoms with Gasteiger partial charge in [0.05, 0.1) is 28.8 Å². The van der Waals surface area contributed by atoms with Gasteiger partial charge in [-0.25, -0.2) is 4.79 Å². The summed E-state index contributed by atoms with van der Waals surface area (Å²) in [5.41, 5.74) is 1.13. The van der Waals surface area contributed by atoms with Gasteiger partial charge < -0.3 is 19.6 Å². The van der Waals surface area contributed by atoms with Crippen molar-refractivity contribution in [3.8, 4) is 0 Å². The molecule has 0 bridgehead atoms. The van der Waals surface area contributed by atoms with Crippen molar-refractivity contribution in [2.45, 2.75) is 64.0 Å². The van der Waals surface area contributed by atoms with Crippen LogP contribution in [0.15, 0.2) is 18.2 Å². The fraction of sp³-hybridized carbons (Fsp3) is 0.652. The minimum Gasteiger partial charge on any atom is -0.450 e. The minimum atomic E-state index is -0.505. The Bertz CT molecular complexity index is 827. The molecular weight excluding hydrogens is 418 g/mol. The Labute approximate surface area is 188 Å². The number of hydrogen-bond donors (Lipinski definition) is 2. The van der Waals surface area contributed by atoms with Crippen LogP contribution in [0, 0.1) is 5.41 Å². The van der Waals surface area contributed by atoms with Crippen LogP contribution in [0.1, 0.15) is 51.9 Å². The molecule has 1 aromatic carbocycles. The fourth-order valence-corrected chi connectivity index (χ4v) is 5.71. The summed E-state index contributed by atoms with van der Waals surface area (Å²) >= 11 is 6.57. The van der Waals surface area contributed by atoms with Crippen molar-refractivity contribution < 1.29 is 19.4 Å². The predicted octanol–water partition coefficient (Wildman–Crippen LogP) is 4.03. The number of nitrogens with zero attached hydrogens (tertiary/aromatic N) is 2. The van der Waals surface area contributed by atoms with Gasteiger partial charge in [0.2, 0.25) is 5.91 Å². The van der Waals surface area contributed by atoms with E-state index in [1.807, 2.05) is 12.1 Å². The number of piperidine rings is 1. The molecule has 3 aliphatic rings. The van der Waals surface area contributed by atoms with E-state index in [-0.39, 0.29) is 23.5 Å². The van der Waals surface area contributed by atoms with Crippen LogP contribution in [0.5, 0.6) is 0 Å². The van der Waals surface area contributed by atoms with E-state index in [1.165, 1.54) is 0 Å². The maximum atomic E-state index is 13.5. The highest BCUT2D eigenvalue weighted by Gasteiger charge is 2.50. The number of ether oxygens (including phenoxy) is 1. The number of rotatable bonds is 4. The van der Waals surface area contributed by atoms with Crippen molar-refractivity contribution in [1.82, 2.24) is 4.90 Å². The molecule has 1 saturated carbocycles. The second-order valence-electron chi connectivity index (χ2n) is 9.03. The third kappa shape index (κ3) is 4.62. The van der Waals surface area contributed by atoms with Gasteiger partial charge in [0, 0.05) is 31.4 Å². The molecule has 0 unspecified atom stereocenters. The molecule has 2 aliphatic heterocycles. The molecule has 1 aromatic rings. The number of nitrogens with one attached hydrogen (secondary N) is 1. The molecule has 170 valence electrons. The highest BCUT2D eigenvalue weighted by atomic mass is 35.5. The zero-order chi connectivity index (χ0) is 22.0. The number of anilines is 2. The lowest BCUT2D eigenvalue weighted by Crippen LogP contribution is -2.50. The van der Waals surface area contributed by atoms with Crippen molar-refractivity contribution in [3.63, 3.8) is 0 Å². The molecule has 2 saturated heterocycles. The molecule has 0 aromatic heterocycles. The fourth-order valence-electron chi connectivity index (χ4n) is 5.41. The maximum Gasteiger partial charge on any atom is 0.411 e. The van der Waals surface area contributed by atoms with Crippen LogP contribution in [0.3, 0.4) is 0 Å². The van der Waals surface area contributed by atoms with Crippen molar-refractivity contribution in [3.05, 3.63) is 23.2 Å². The van der Waals surface area contributed by atoms with E-state index in [0.29, 0.717) is 23.9 Å². The average molecular weight is 450 g/mol. The van der Waals surface area contributed by atoms with E-state index >= 15 is 0 Å². The first-order valence-corrected chi connectivity index (χ1v) is 11.8. The summed E-state index contributed by atoms with van der Waals surface area (Å²) in [6.07, 6.45) is 5.38. The lowest BCUT2D eigenvalue weighted by Gasteiger charge is -2.41. The summed E-state index contributed by atoms with van der Waals surface area (Å²) in [4.78, 5) is 29.5. The first-order valence-electron chi connectivity index (χ1n) is 11.4. The number of carbonyl (C=O) groups is 2. The Balaban J connectivity index is 1.45. The third-order valence-corrected chi connectivity index (χ3v) is 7.34. The topological polar surface area (TPSA) is 82.1 Å². The van der Waals surface area contributed by atoms with Gasteiger partial charge in [0.25, 0.3) is 0 Å². The molecule has 2 heterocycles. The van der Waals surface area contributed by atoms with Crippen LogP contribution >= 0.6 is 11.6 Å². The molecule has 1 spiro atoms. The number of aliphatic hydroxyl groups excluding tert-OH is 1. The highest BCUT2D eigenvalue weighted by molar-refractivity contribution is 6.33. The Morgan fingerprint density at radius 1 is 1.26 bits per heavy atom. The lowest BCUT2D eigenvalue weighted by atomic mass is 9.78. The number of hydrogen-bond acceptors (Lipinski definition) is 5. The standard InChI is InChI=1S/C23H32ClN3O4/c1-2-31-22(30)25-16-4-9-20(19(24)14-16)26-12-3-10-23(15-26)11-13-27(21(23)29)17-5-7-18(28)8-6-17/h4,9,14,17-18,28H,2-3,5-8,10-13,15H2,1H3,(H,25,30)/t17-,18-,23-/m0/s1. The first kappa shape index (κ1) is 22.2. The summed E-state index contributed by atoms with van der Waals surface area (Å²) in [5.74, 6) is 0.273. The number of benzene rings is 1. The van der Waals surface area contributed by atoms with Gasteiger partial charge in [-0.2, -0.15) is 0 Å².